The monoisotopic (exact) mass is 287 g/mol. The van der Waals surface area contributed by atoms with E-state index in [0.29, 0.717) is 0 Å². The van der Waals surface area contributed by atoms with Crippen LogP contribution in [0.2, 0.25) is 0 Å². The molecule has 0 amide bonds. The number of hydrogen-bond donors (Lipinski definition) is 1. The summed E-state index contributed by atoms with van der Waals surface area (Å²) < 4.78 is 38.5. The van der Waals surface area contributed by atoms with Gasteiger partial charge >= 0.3 is 6.18 Å². The zero-order valence-electron chi connectivity index (χ0n) is 10.8. The summed E-state index contributed by atoms with van der Waals surface area (Å²) in [5, 5.41) is 6.61. The molecular weight excluding hydrogens is 275 g/mol. The topological polar surface area (TPSA) is 71.8 Å². The SMILES string of the molecule is CNc1nc(N(C)CC(F)(F)F)nc(-n2cccn2)n1. The third-order valence-corrected chi connectivity index (χ3v) is 2.30. The Balaban J connectivity index is 2.36. The Labute approximate surface area is 112 Å². The molecule has 2 heterocycles. The van der Waals surface area contributed by atoms with Crippen LogP contribution in [0.1, 0.15) is 0 Å². The van der Waals surface area contributed by atoms with E-state index < -0.39 is 12.7 Å². The molecule has 2 rings (SSSR count). The Morgan fingerprint density at radius 3 is 2.60 bits per heavy atom. The lowest BCUT2D eigenvalue weighted by molar-refractivity contribution is -0.119. The van der Waals surface area contributed by atoms with Crippen LogP contribution in [-0.4, -0.2) is 51.5 Å². The van der Waals surface area contributed by atoms with Crippen LogP contribution in [0.25, 0.3) is 5.95 Å². The largest absolute Gasteiger partial charge is 0.406 e. The Bertz CT molecular complexity index is 567. The lowest BCUT2D eigenvalue weighted by atomic mass is 10.5. The summed E-state index contributed by atoms with van der Waals surface area (Å²) in [4.78, 5) is 12.8. The summed E-state index contributed by atoms with van der Waals surface area (Å²) >= 11 is 0. The molecule has 20 heavy (non-hydrogen) atoms. The molecule has 0 aromatic carbocycles. The van der Waals surface area contributed by atoms with E-state index in [1.54, 1.807) is 19.3 Å². The molecule has 10 heteroatoms. The van der Waals surface area contributed by atoms with Gasteiger partial charge in [-0.15, -0.1) is 0 Å². The highest BCUT2D eigenvalue weighted by molar-refractivity contribution is 5.39. The number of hydrogen-bond acceptors (Lipinski definition) is 6. The summed E-state index contributed by atoms with van der Waals surface area (Å²) in [6, 6.07) is 1.65. The lowest BCUT2D eigenvalue weighted by Crippen LogP contribution is -2.32. The van der Waals surface area contributed by atoms with E-state index in [2.05, 4.69) is 25.4 Å². The molecule has 7 nitrogen and oxygen atoms in total. The van der Waals surface area contributed by atoms with E-state index in [1.165, 1.54) is 17.9 Å². The van der Waals surface area contributed by atoms with Crippen molar-refractivity contribution in [2.75, 3.05) is 30.9 Å². The maximum absolute atomic E-state index is 12.4. The van der Waals surface area contributed by atoms with Crippen molar-refractivity contribution in [2.45, 2.75) is 6.18 Å². The molecule has 0 fully saturated rings. The van der Waals surface area contributed by atoms with Gasteiger partial charge in [0.05, 0.1) is 0 Å². The average Bonchev–Trinajstić information content (AvgIpc) is 2.90. The van der Waals surface area contributed by atoms with E-state index >= 15 is 0 Å². The first-order valence-corrected chi connectivity index (χ1v) is 5.61. The number of aromatic nitrogens is 5. The minimum Gasteiger partial charge on any atom is -0.357 e. The third-order valence-electron chi connectivity index (χ3n) is 2.30. The van der Waals surface area contributed by atoms with Gasteiger partial charge in [-0.1, -0.05) is 0 Å². The summed E-state index contributed by atoms with van der Waals surface area (Å²) in [7, 11) is 2.82. The molecule has 0 aliphatic heterocycles. The molecule has 0 unspecified atom stereocenters. The van der Waals surface area contributed by atoms with Crippen molar-refractivity contribution in [3.8, 4) is 5.95 Å². The molecule has 1 N–H and O–H groups in total. The van der Waals surface area contributed by atoms with Crippen molar-refractivity contribution < 1.29 is 13.2 Å². The van der Waals surface area contributed by atoms with Gasteiger partial charge in [0.2, 0.25) is 11.9 Å². The Kier molecular flexibility index (Phi) is 3.72. The molecule has 0 aliphatic carbocycles. The second kappa shape index (κ2) is 5.31. The Hall–Kier alpha value is -2.39. The highest BCUT2D eigenvalue weighted by atomic mass is 19.4. The first-order valence-electron chi connectivity index (χ1n) is 5.61. The Morgan fingerprint density at radius 2 is 2.05 bits per heavy atom. The molecule has 108 valence electrons. The number of nitrogens with one attached hydrogen (secondary N) is 1. The quantitative estimate of drug-likeness (QED) is 0.908. The summed E-state index contributed by atoms with van der Waals surface area (Å²) in [5.41, 5.74) is 0. The highest BCUT2D eigenvalue weighted by Crippen LogP contribution is 2.19. The van der Waals surface area contributed by atoms with E-state index in [9.17, 15) is 13.2 Å². The van der Waals surface area contributed by atoms with Gasteiger partial charge in [-0.2, -0.15) is 33.2 Å². The van der Waals surface area contributed by atoms with E-state index in [-0.39, 0.29) is 17.8 Å². The van der Waals surface area contributed by atoms with Crippen molar-refractivity contribution >= 4 is 11.9 Å². The van der Waals surface area contributed by atoms with Gasteiger partial charge in [0.15, 0.2) is 0 Å². The predicted octanol–water partition coefficient (Wildman–Crippen LogP) is 1.10. The van der Waals surface area contributed by atoms with Crippen molar-refractivity contribution in [3.05, 3.63) is 18.5 Å². The zero-order chi connectivity index (χ0) is 14.8. The van der Waals surface area contributed by atoms with E-state index in [4.69, 9.17) is 0 Å². The van der Waals surface area contributed by atoms with Crippen LogP contribution in [-0.2, 0) is 0 Å². The van der Waals surface area contributed by atoms with Gasteiger partial charge in [-0.25, -0.2) is 4.68 Å². The third kappa shape index (κ3) is 3.33. The first-order chi connectivity index (χ1) is 9.39. The maximum Gasteiger partial charge on any atom is 0.406 e. The predicted molar refractivity (Wildman–Crippen MR) is 65.8 cm³/mol. The van der Waals surface area contributed by atoms with Gasteiger partial charge in [0.25, 0.3) is 5.95 Å². The molecule has 0 bridgehead atoms. The molecule has 2 aromatic heterocycles. The normalized spacial score (nSPS) is 11.4. The van der Waals surface area contributed by atoms with Crippen molar-refractivity contribution in [1.29, 1.82) is 0 Å². The number of nitrogens with zero attached hydrogens (tertiary/aromatic N) is 6. The van der Waals surface area contributed by atoms with Gasteiger partial charge in [-0.05, 0) is 6.07 Å². The second-order valence-electron chi connectivity index (χ2n) is 3.93. The second-order valence-corrected chi connectivity index (χ2v) is 3.93. The van der Waals surface area contributed by atoms with Crippen LogP contribution in [0, 0.1) is 0 Å². The minimum absolute atomic E-state index is 0.0906. The fourth-order valence-electron chi connectivity index (χ4n) is 1.47. The molecule has 0 radical (unpaired) electrons. The van der Waals surface area contributed by atoms with Gasteiger partial charge in [0, 0.05) is 26.5 Å². The summed E-state index contributed by atoms with van der Waals surface area (Å²) in [5.74, 6) is 0.208. The zero-order valence-corrected chi connectivity index (χ0v) is 10.8. The molecule has 0 atom stereocenters. The number of rotatable bonds is 4. The van der Waals surface area contributed by atoms with Crippen LogP contribution in [0.3, 0.4) is 0 Å². The van der Waals surface area contributed by atoms with E-state index in [1.807, 2.05) is 0 Å². The number of anilines is 2. The van der Waals surface area contributed by atoms with Crippen LogP contribution >= 0.6 is 0 Å². The van der Waals surface area contributed by atoms with Crippen molar-refractivity contribution in [1.82, 2.24) is 24.7 Å². The number of alkyl halides is 3. The minimum atomic E-state index is -4.34. The summed E-state index contributed by atoms with van der Waals surface area (Å²) in [6.45, 7) is -1.15. The van der Waals surface area contributed by atoms with Gasteiger partial charge < -0.3 is 10.2 Å². The first kappa shape index (κ1) is 14.0. The molecule has 0 saturated carbocycles. The lowest BCUT2D eigenvalue weighted by Gasteiger charge is -2.19. The average molecular weight is 287 g/mol. The van der Waals surface area contributed by atoms with Gasteiger partial charge in [-0.3, -0.25) is 0 Å². The molecular formula is C10H12F3N7. The fourth-order valence-corrected chi connectivity index (χ4v) is 1.47. The maximum atomic E-state index is 12.4. The van der Waals surface area contributed by atoms with Crippen LogP contribution in [0.4, 0.5) is 25.1 Å². The number of halogens is 3. The van der Waals surface area contributed by atoms with Gasteiger partial charge in [0.1, 0.15) is 6.54 Å². The highest BCUT2D eigenvalue weighted by Gasteiger charge is 2.30. The molecule has 0 saturated heterocycles. The standard InChI is InChI=1S/C10H12F3N7/c1-14-7-16-8(19(2)6-10(11,12)13)18-9(17-7)20-5-3-4-15-20/h3-5H,6H2,1-2H3,(H,14,16,17,18). The van der Waals surface area contributed by atoms with Crippen molar-refractivity contribution in [2.24, 2.45) is 0 Å². The smallest absolute Gasteiger partial charge is 0.357 e. The molecule has 2 aromatic rings. The molecule has 0 aliphatic rings. The van der Waals surface area contributed by atoms with E-state index in [0.717, 1.165) is 4.90 Å². The van der Waals surface area contributed by atoms with Crippen LogP contribution < -0.4 is 10.2 Å². The molecule has 0 spiro atoms. The van der Waals surface area contributed by atoms with Crippen LogP contribution in [0.15, 0.2) is 18.5 Å². The Morgan fingerprint density at radius 1 is 1.30 bits per heavy atom. The summed E-state index contributed by atoms with van der Waals surface area (Å²) in [6.07, 6.45) is -1.24. The van der Waals surface area contributed by atoms with Crippen LogP contribution in [0.5, 0.6) is 0 Å². The van der Waals surface area contributed by atoms with Crippen molar-refractivity contribution in [3.63, 3.8) is 0 Å². The fraction of sp³-hybridized carbons (Fsp3) is 0.400.